The molecule has 0 spiro atoms. The van der Waals surface area contributed by atoms with Gasteiger partial charge in [-0.1, -0.05) is 30.4 Å². The molecule has 0 saturated carbocycles. The summed E-state index contributed by atoms with van der Waals surface area (Å²) >= 11 is 5.37. The van der Waals surface area contributed by atoms with Crippen LogP contribution in [-0.4, -0.2) is 18.3 Å². The number of benzene rings is 1. The van der Waals surface area contributed by atoms with E-state index in [9.17, 15) is 0 Å². The smallest absolute Gasteiger partial charge is 0.187 e. The van der Waals surface area contributed by atoms with Crippen LogP contribution in [-0.2, 0) is 4.74 Å². The van der Waals surface area contributed by atoms with Crippen molar-refractivity contribution in [2.45, 2.75) is 12.5 Å². The monoisotopic (exact) mass is 284 g/mol. The molecule has 102 valence electrons. The molecular weight excluding hydrogens is 268 g/mol. The van der Waals surface area contributed by atoms with E-state index < -0.39 is 0 Å². The molecule has 1 aliphatic heterocycles. The molecule has 20 heavy (non-hydrogen) atoms. The fourth-order valence-electron chi connectivity index (χ4n) is 2.50. The van der Waals surface area contributed by atoms with Crippen molar-refractivity contribution in [3.8, 4) is 5.75 Å². The zero-order valence-corrected chi connectivity index (χ0v) is 12.1. The summed E-state index contributed by atoms with van der Waals surface area (Å²) in [5, 5.41) is 0.613. The maximum absolute atomic E-state index is 5.82. The number of methoxy groups -OCH3 is 1. The van der Waals surface area contributed by atoms with Gasteiger partial charge in [-0.2, -0.15) is 0 Å². The third-order valence-electron chi connectivity index (χ3n) is 3.61. The van der Waals surface area contributed by atoms with Crippen LogP contribution >= 0.6 is 12.2 Å². The molecule has 1 heterocycles. The van der Waals surface area contributed by atoms with E-state index in [1.165, 1.54) is 0 Å². The number of hydrogen-bond donors (Lipinski definition) is 0. The lowest BCUT2D eigenvalue weighted by Gasteiger charge is -2.31. The van der Waals surface area contributed by atoms with Gasteiger partial charge in [0.1, 0.15) is 11.9 Å². The Hall–Kier alpha value is -1.87. The van der Waals surface area contributed by atoms with Crippen molar-refractivity contribution in [1.29, 1.82) is 0 Å². The molecule has 2 nitrogen and oxygen atoms in total. The van der Waals surface area contributed by atoms with Crippen LogP contribution in [0.5, 0.6) is 5.75 Å². The summed E-state index contributed by atoms with van der Waals surface area (Å²) in [6.45, 7) is 0. The molecule has 1 aromatic rings. The minimum atomic E-state index is 0.0977. The van der Waals surface area contributed by atoms with Crippen molar-refractivity contribution in [2.75, 3.05) is 7.11 Å². The number of ether oxygens (including phenoxy) is 2. The molecule has 0 amide bonds. The highest BCUT2D eigenvalue weighted by Gasteiger charge is 2.29. The van der Waals surface area contributed by atoms with Gasteiger partial charge in [0.05, 0.1) is 7.11 Å². The minimum Gasteiger partial charge on any atom is -0.497 e. The van der Waals surface area contributed by atoms with E-state index >= 15 is 0 Å². The van der Waals surface area contributed by atoms with Gasteiger partial charge in [-0.3, -0.25) is 0 Å². The third kappa shape index (κ3) is 2.68. The van der Waals surface area contributed by atoms with Gasteiger partial charge in [0.2, 0.25) is 0 Å². The normalized spacial score (nSPS) is 26.2. The zero-order valence-electron chi connectivity index (χ0n) is 11.3. The van der Waals surface area contributed by atoms with Crippen molar-refractivity contribution >= 4 is 23.3 Å². The Morgan fingerprint density at radius 3 is 2.70 bits per heavy atom. The first-order valence-corrected chi connectivity index (χ1v) is 7.08. The van der Waals surface area contributed by atoms with E-state index in [-0.39, 0.29) is 6.10 Å². The number of allylic oxidation sites excluding steroid dienone is 2. The Bertz CT molecular complexity index is 596. The van der Waals surface area contributed by atoms with Gasteiger partial charge in [0, 0.05) is 11.5 Å². The van der Waals surface area contributed by atoms with Crippen molar-refractivity contribution in [1.82, 2.24) is 0 Å². The Balaban J connectivity index is 1.81. The SMILES string of the molecule is COc1ccc(C=C2CC3C=CC=CC3OC2=S)cc1. The molecule has 1 aromatic carbocycles. The summed E-state index contributed by atoms with van der Waals surface area (Å²) in [5.41, 5.74) is 2.20. The van der Waals surface area contributed by atoms with Crippen molar-refractivity contribution < 1.29 is 9.47 Å². The van der Waals surface area contributed by atoms with Crippen LogP contribution in [0.25, 0.3) is 6.08 Å². The zero-order chi connectivity index (χ0) is 13.9. The molecule has 0 aromatic heterocycles. The topological polar surface area (TPSA) is 18.5 Å². The van der Waals surface area contributed by atoms with E-state index in [0.717, 1.165) is 23.3 Å². The molecule has 1 saturated heterocycles. The van der Waals surface area contributed by atoms with E-state index in [2.05, 4.69) is 24.3 Å². The average Bonchev–Trinajstić information content (AvgIpc) is 2.49. The quantitative estimate of drug-likeness (QED) is 0.605. The molecular formula is C17H16O2S. The van der Waals surface area contributed by atoms with Crippen LogP contribution in [0.15, 0.2) is 54.1 Å². The fraction of sp³-hybridized carbons (Fsp3) is 0.235. The van der Waals surface area contributed by atoms with Gasteiger partial charge in [0.15, 0.2) is 5.05 Å². The molecule has 2 atom stereocenters. The lowest BCUT2D eigenvalue weighted by Crippen LogP contribution is -2.31. The van der Waals surface area contributed by atoms with Crippen LogP contribution in [0.3, 0.4) is 0 Å². The van der Waals surface area contributed by atoms with Gasteiger partial charge in [0.25, 0.3) is 0 Å². The maximum Gasteiger partial charge on any atom is 0.187 e. The Labute approximate surface area is 124 Å². The first-order valence-electron chi connectivity index (χ1n) is 6.67. The highest BCUT2D eigenvalue weighted by atomic mass is 32.1. The summed E-state index contributed by atoms with van der Waals surface area (Å²) in [6.07, 6.45) is 11.5. The van der Waals surface area contributed by atoms with E-state index in [1.807, 2.05) is 30.3 Å². The van der Waals surface area contributed by atoms with Gasteiger partial charge < -0.3 is 9.47 Å². The highest BCUT2D eigenvalue weighted by molar-refractivity contribution is 7.80. The third-order valence-corrected chi connectivity index (χ3v) is 3.97. The van der Waals surface area contributed by atoms with Crippen LogP contribution in [0.2, 0.25) is 0 Å². The molecule has 3 heteroatoms. The summed E-state index contributed by atoms with van der Waals surface area (Å²) in [7, 11) is 1.67. The van der Waals surface area contributed by atoms with Gasteiger partial charge in [-0.15, -0.1) is 0 Å². The Morgan fingerprint density at radius 1 is 1.20 bits per heavy atom. The Morgan fingerprint density at radius 2 is 1.95 bits per heavy atom. The first-order chi connectivity index (χ1) is 9.76. The first kappa shape index (κ1) is 13.1. The average molecular weight is 284 g/mol. The lowest BCUT2D eigenvalue weighted by atomic mass is 9.88. The predicted octanol–water partition coefficient (Wildman–Crippen LogP) is 3.94. The molecule has 1 fully saturated rings. The maximum atomic E-state index is 5.82. The molecule has 1 aliphatic carbocycles. The highest BCUT2D eigenvalue weighted by Crippen LogP contribution is 2.31. The minimum absolute atomic E-state index is 0.0977. The summed E-state index contributed by atoms with van der Waals surface area (Å²) < 4.78 is 11.0. The second-order valence-electron chi connectivity index (χ2n) is 4.95. The second-order valence-corrected chi connectivity index (χ2v) is 5.32. The largest absolute Gasteiger partial charge is 0.497 e. The van der Waals surface area contributed by atoms with Crippen molar-refractivity contribution in [2.24, 2.45) is 5.92 Å². The van der Waals surface area contributed by atoms with E-state index in [4.69, 9.17) is 21.7 Å². The Kier molecular flexibility index (Phi) is 3.70. The van der Waals surface area contributed by atoms with Crippen molar-refractivity contribution in [3.63, 3.8) is 0 Å². The summed E-state index contributed by atoms with van der Waals surface area (Å²) in [6, 6.07) is 7.95. The van der Waals surface area contributed by atoms with Gasteiger partial charge in [-0.05, 0) is 48.5 Å². The molecule has 2 unspecified atom stereocenters. The molecule has 0 N–H and O–H groups in total. The molecule has 2 aliphatic rings. The van der Waals surface area contributed by atoms with Crippen molar-refractivity contribution in [3.05, 3.63) is 59.7 Å². The number of fused-ring (bicyclic) bond motifs is 1. The second kappa shape index (κ2) is 5.63. The van der Waals surface area contributed by atoms with Gasteiger partial charge in [-0.25, -0.2) is 0 Å². The van der Waals surface area contributed by atoms with Crippen LogP contribution in [0.1, 0.15) is 12.0 Å². The van der Waals surface area contributed by atoms with E-state index in [1.54, 1.807) is 7.11 Å². The van der Waals surface area contributed by atoms with Crippen LogP contribution in [0, 0.1) is 5.92 Å². The summed E-state index contributed by atoms with van der Waals surface area (Å²) in [5.74, 6) is 1.24. The molecule has 3 rings (SSSR count). The fourth-order valence-corrected chi connectivity index (χ4v) is 2.75. The lowest BCUT2D eigenvalue weighted by molar-refractivity contribution is 0.176. The number of hydrogen-bond acceptors (Lipinski definition) is 3. The predicted molar refractivity (Wildman–Crippen MR) is 84.8 cm³/mol. The van der Waals surface area contributed by atoms with Crippen LogP contribution in [0.4, 0.5) is 0 Å². The van der Waals surface area contributed by atoms with E-state index in [0.29, 0.717) is 11.0 Å². The number of rotatable bonds is 2. The van der Waals surface area contributed by atoms with Crippen LogP contribution < -0.4 is 4.74 Å². The summed E-state index contributed by atoms with van der Waals surface area (Å²) in [4.78, 5) is 0. The molecule has 0 radical (unpaired) electrons. The standard InChI is InChI=1S/C17H16O2S/c1-18-15-8-6-12(7-9-15)10-14-11-13-4-2-3-5-16(13)19-17(14)20/h2-10,13,16H,11H2,1H3. The number of thiocarbonyl (C=S) groups is 1. The van der Waals surface area contributed by atoms with Gasteiger partial charge >= 0.3 is 0 Å². The molecule has 0 bridgehead atoms.